The molecule has 0 N–H and O–H groups in total. The summed E-state index contributed by atoms with van der Waals surface area (Å²) in [6.45, 7) is 4.27. The molecule has 0 saturated carbocycles. The Hall–Kier alpha value is -3.93. The fourth-order valence-corrected chi connectivity index (χ4v) is 4.55. The van der Waals surface area contributed by atoms with Gasteiger partial charge in [0.25, 0.3) is 5.91 Å². The normalized spacial score (nSPS) is 13.4. The monoisotopic (exact) mass is 471 g/mol. The molecule has 1 fully saturated rings. The molecule has 1 saturated heterocycles. The molecule has 0 bridgehead atoms. The van der Waals surface area contributed by atoms with E-state index in [9.17, 15) is 14.4 Å². The van der Waals surface area contributed by atoms with Crippen LogP contribution >= 0.6 is 0 Å². The van der Waals surface area contributed by atoms with E-state index in [1.54, 1.807) is 24.3 Å². The summed E-state index contributed by atoms with van der Waals surface area (Å²) < 4.78 is 10.4. The van der Waals surface area contributed by atoms with Crippen molar-refractivity contribution in [1.82, 2.24) is 4.90 Å². The van der Waals surface area contributed by atoms with Crippen LogP contribution in [0, 0.1) is 0 Å². The minimum absolute atomic E-state index is 0.0402. The molecule has 0 spiro atoms. The molecule has 0 aliphatic carbocycles. The Bertz CT molecular complexity index is 1140. The van der Waals surface area contributed by atoms with Gasteiger partial charge in [0.05, 0.1) is 0 Å². The predicted molar refractivity (Wildman–Crippen MR) is 133 cm³/mol. The zero-order chi connectivity index (χ0) is 24.8. The second kappa shape index (κ2) is 11.0. The van der Waals surface area contributed by atoms with E-state index in [2.05, 4.69) is 0 Å². The highest BCUT2D eigenvalue weighted by atomic mass is 16.5. The number of likely N-dealkylation sites (tertiary alicyclic amines) is 1. The maximum atomic E-state index is 13.5. The third kappa shape index (κ3) is 5.96. The van der Waals surface area contributed by atoms with E-state index in [1.807, 2.05) is 53.4 Å². The molecule has 3 aromatic rings. The molecule has 35 heavy (non-hydrogen) atoms. The number of hydrogen-bond acceptors (Lipinski definition) is 5. The summed E-state index contributed by atoms with van der Waals surface area (Å²) in [5.41, 5.74) is 3.45. The highest BCUT2D eigenvalue weighted by Crippen LogP contribution is 2.36. The fraction of sp³-hybridized carbons (Fsp3) is 0.276. The van der Waals surface area contributed by atoms with Crippen molar-refractivity contribution in [3.05, 3.63) is 95.1 Å². The number of carbonyl (C=O) groups excluding carboxylic acids is 3. The van der Waals surface area contributed by atoms with Gasteiger partial charge in [0.1, 0.15) is 11.5 Å². The van der Waals surface area contributed by atoms with Gasteiger partial charge in [-0.2, -0.15) is 0 Å². The fourth-order valence-electron chi connectivity index (χ4n) is 4.55. The Morgan fingerprint density at radius 1 is 0.686 bits per heavy atom. The minimum atomic E-state index is -0.382. The van der Waals surface area contributed by atoms with E-state index < -0.39 is 0 Å². The number of nitrogens with zero attached hydrogens (tertiary/aromatic N) is 1. The molecule has 6 heteroatoms. The Morgan fingerprint density at radius 2 is 1.17 bits per heavy atom. The Balaban J connectivity index is 1.77. The first-order valence-corrected chi connectivity index (χ1v) is 11.9. The van der Waals surface area contributed by atoms with Crippen LogP contribution in [0.25, 0.3) is 0 Å². The van der Waals surface area contributed by atoms with Gasteiger partial charge < -0.3 is 14.4 Å². The van der Waals surface area contributed by atoms with Gasteiger partial charge in [-0.05, 0) is 66.3 Å². The maximum absolute atomic E-state index is 13.5. The summed E-state index contributed by atoms with van der Waals surface area (Å²) in [7, 11) is 0. The lowest BCUT2D eigenvalue weighted by Gasteiger charge is -2.29. The standard InChI is InChI=1S/C29H29NO5/c1-20(31)34-24-14-10-22(11-15-24)28(23-12-16-25(17-13-23)35-21(2)32)26-8-4-5-9-27(26)29(33)30-18-6-3-7-19-30/h4-5,8-17,28H,3,6-7,18-19H2,1-2H3. The van der Waals surface area contributed by atoms with Crippen molar-refractivity contribution in [2.24, 2.45) is 0 Å². The van der Waals surface area contributed by atoms with Crippen LogP contribution in [-0.4, -0.2) is 35.8 Å². The third-order valence-corrected chi connectivity index (χ3v) is 6.10. The highest BCUT2D eigenvalue weighted by Gasteiger charge is 2.26. The molecule has 1 heterocycles. The zero-order valence-corrected chi connectivity index (χ0v) is 20.0. The van der Waals surface area contributed by atoms with Gasteiger partial charge in [-0.3, -0.25) is 14.4 Å². The molecule has 6 nitrogen and oxygen atoms in total. The van der Waals surface area contributed by atoms with Crippen LogP contribution in [0.1, 0.15) is 66.1 Å². The number of rotatable bonds is 6. The van der Waals surface area contributed by atoms with E-state index in [1.165, 1.54) is 13.8 Å². The SMILES string of the molecule is CC(=O)Oc1ccc(C(c2ccc(OC(C)=O)cc2)c2ccccc2C(=O)N2CCCCC2)cc1. The van der Waals surface area contributed by atoms with Crippen LogP contribution in [0.15, 0.2) is 72.8 Å². The molecule has 3 aromatic carbocycles. The van der Waals surface area contributed by atoms with Gasteiger partial charge in [0.2, 0.25) is 0 Å². The van der Waals surface area contributed by atoms with Crippen LogP contribution in [0.5, 0.6) is 11.5 Å². The molecule has 0 aromatic heterocycles. The van der Waals surface area contributed by atoms with Crippen LogP contribution < -0.4 is 9.47 Å². The number of carbonyl (C=O) groups is 3. The molecule has 0 radical (unpaired) electrons. The van der Waals surface area contributed by atoms with Crippen molar-refractivity contribution < 1.29 is 23.9 Å². The highest BCUT2D eigenvalue weighted by molar-refractivity contribution is 5.96. The lowest BCUT2D eigenvalue weighted by Crippen LogP contribution is -2.36. The maximum Gasteiger partial charge on any atom is 0.308 e. The summed E-state index contributed by atoms with van der Waals surface area (Å²) in [6, 6.07) is 22.4. The van der Waals surface area contributed by atoms with Crippen LogP contribution in [0.4, 0.5) is 0 Å². The first-order chi connectivity index (χ1) is 16.9. The van der Waals surface area contributed by atoms with Gasteiger partial charge >= 0.3 is 11.9 Å². The molecule has 1 amide bonds. The molecule has 4 rings (SSSR count). The van der Waals surface area contributed by atoms with Crippen molar-refractivity contribution in [3.8, 4) is 11.5 Å². The van der Waals surface area contributed by atoms with E-state index in [4.69, 9.17) is 9.47 Å². The van der Waals surface area contributed by atoms with Crippen LogP contribution in [0.2, 0.25) is 0 Å². The first kappa shape index (κ1) is 24.2. The summed E-state index contributed by atoms with van der Waals surface area (Å²) in [4.78, 5) is 38.2. The zero-order valence-electron chi connectivity index (χ0n) is 20.0. The van der Waals surface area contributed by atoms with Crippen molar-refractivity contribution in [3.63, 3.8) is 0 Å². The summed E-state index contributed by atoms with van der Waals surface area (Å²) in [5, 5.41) is 0. The van der Waals surface area contributed by atoms with Gasteiger partial charge in [-0.15, -0.1) is 0 Å². The van der Waals surface area contributed by atoms with Crippen molar-refractivity contribution in [1.29, 1.82) is 0 Å². The smallest absolute Gasteiger partial charge is 0.308 e. The quantitative estimate of drug-likeness (QED) is 0.276. The topological polar surface area (TPSA) is 72.9 Å². The number of piperidine rings is 1. The predicted octanol–water partition coefficient (Wildman–Crippen LogP) is 5.34. The Morgan fingerprint density at radius 3 is 1.66 bits per heavy atom. The number of benzene rings is 3. The number of esters is 2. The third-order valence-electron chi connectivity index (χ3n) is 6.10. The molecule has 180 valence electrons. The number of hydrogen-bond donors (Lipinski definition) is 0. The first-order valence-electron chi connectivity index (χ1n) is 11.9. The molecule has 1 aliphatic rings. The van der Waals surface area contributed by atoms with Crippen LogP contribution in [-0.2, 0) is 9.59 Å². The lowest BCUT2D eigenvalue weighted by atomic mass is 9.82. The summed E-state index contributed by atoms with van der Waals surface area (Å²) >= 11 is 0. The van der Waals surface area contributed by atoms with Crippen molar-refractivity contribution in [2.75, 3.05) is 13.1 Å². The van der Waals surface area contributed by atoms with Crippen molar-refractivity contribution >= 4 is 17.8 Å². The minimum Gasteiger partial charge on any atom is -0.427 e. The second-order valence-corrected chi connectivity index (χ2v) is 8.70. The van der Waals surface area contributed by atoms with E-state index >= 15 is 0 Å². The summed E-state index contributed by atoms with van der Waals surface area (Å²) in [6.07, 6.45) is 3.19. The van der Waals surface area contributed by atoms with E-state index in [0.29, 0.717) is 17.1 Å². The van der Waals surface area contributed by atoms with Crippen LogP contribution in [0.3, 0.4) is 0 Å². The Kier molecular flexibility index (Phi) is 7.60. The molecular formula is C29H29NO5. The number of amides is 1. The lowest BCUT2D eigenvalue weighted by molar-refractivity contribution is -0.132. The molecular weight excluding hydrogens is 442 g/mol. The van der Waals surface area contributed by atoms with Gasteiger partial charge in [0, 0.05) is 38.4 Å². The number of ether oxygens (including phenoxy) is 2. The molecule has 0 atom stereocenters. The summed E-state index contributed by atoms with van der Waals surface area (Å²) in [5.74, 6) is -0.0532. The van der Waals surface area contributed by atoms with Gasteiger partial charge in [-0.25, -0.2) is 0 Å². The largest absolute Gasteiger partial charge is 0.427 e. The van der Waals surface area contributed by atoms with E-state index in [-0.39, 0.29) is 23.8 Å². The van der Waals surface area contributed by atoms with Crippen molar-refractivity contribution in [2.45, 2.75) is 39.0 Å². The van der Waals surface area contributed by atoms with Gasteiger partial charge in [0.15, 0.2) is 0 Å². The molecule has 1 aliphatic heterocycles. The average molecular weight is 472 g/mol. The second-order valence-electron chi connectivity index (χ2n) is 8.70. The molecule has 0 unspecified atom stereocenters. The van der Waals surface area contributed by atoms with Gasteiger partial charge in [-0.1, -0.05) is 42.5 Å². The Labute approximate surface area is 205 Å². The van der Waals surface area contributed by atoms with E-state index in [0.717, 1.165) is 49.0 Å². The average Bonchev–Trinajstić information content (AvgIpc) is 2.86.